The lowest BCUT2D eigenvalue weighted by Gasteiger charge is -2.16. The highest BCUT2D eigenvalue weighted by atomic mass is 16.2. The molecule has 4 aromatic rings. The van der Waals surface area contributed by atoms with E-state index < -0.39 is 5.91 Å². The Bertz CT molecular complexity index is 1210. The molecule has 0 spiro atoms. The molecule has 2 N–H and O–H groups in total. The van der Waals surface area contributed by atoms with Crippen molar-refractivity contribution in [2.45, 2.75) is 13.0 Å². The third-order valence-electron chi connectivity index (χ3n) is 4.75. The first-order valence-corrected chi connectivity index (χ1v) is 9.60. The molecule has 0 unspecified atom stereocenters. The molecule has 2 amide bonds. The van der Waals surface area contributed by atoms with E-state index >= 15 is 0 Å². The monoisotopic (exact) mass is 396 g/mol. The van der Waals surface area contributed by atoms with Gasteiger partial charge in [-0.1, -0.05) is 54.6 Å². The molecular weight excluding hydrogens is 376 g/mol. The number of para-hydroxylation sites is 3. The molecule has 3 aromatic carbocycles. The van der Waals surface area contributed by atoms with Gasteiger partial charge in [-0.3, -0.25) is 14.6 Å². The van der Waals surface area contributed by atoms with E-state index in [0.29, 0.717) is 22.3 Å². The molecule has 1 heterocycles. The minimum absolute atomic E-state index is 0.172. The van der Waals surface area contributed by atoms with Gasteiger partial charge in [0.1, 0.15) is 5.69 Å². The fraction of sp³-hybridized carbons (Fsp3) is 0.0833. The van der Waals surface area contributed by atoms with Crippen molar-refractivity contribution in [1.82, 2.24) is 15.3 Å². The van der Waals surface area contributed by atoms with E-state index in [4.69, 9.17) is 0 Å². The zero-order valence-electron chi connectivity index (χ0n) is 16.4. The average molecular weight is 396 g/mol. The van der Waals surface area contributed by atoms with Crippen molar-refractivity contribution in [1.29, 1.82) is 0 Å². The Morgan fingerprint density at radius 1 is 0.800 bits per heavy atom. The van der Waals surface area contributed by atoms with Crippen molar-refractivity contribution in [2.24, 2.45) is 0 Å². The molecule has 0 bridgehead atoms. The van der Waals surface area contributed by atoms with Gasteiger partial charge in [-0.15, -0.1) is 0 Å². The normalized spacial score (nSPS) is 11.6. The number of carbonyl (C=O) groups is 2. The van der Waals surface area contributed by atoms with Crippen LogP contribution in [0, 0.1) is 0 Å². The van der Waals surface area contributed by atoms with E-state index in [1.807, 2.05) is 55.5 Å². The van der Waals surface area contributed by atoms with Gasteiger partial charge in [0.2, 0.25) is 0 Å². The quantitative estimate of drug-likeness (QED) is 0.525. The predicted molar refractivity (Wildman–Crippen MR) is 116 cm³/mol. The van der Waals surface area contributed by atoms with Crippen LogP contribution < -0.4 is 10.6 Å². The second-order valence-corrected chi connectivity index (χ2v) is 6.85. The number of fused-ring (bicyclic) bond motifs is 1. The third kappa shape index (κ3) is 4.17. The summed E-state index contributed by atoms with van der Waals surface area (Å²) in [6.07, 6.45) is 1.43. The van der Waals surface area contributed by atoms with Gasteiger partial charge in [-0.2, -0.15) is 0 Å². The van der Waals surface area contributed by atoms with E-state index in [1.54, 1.807) is 30.3 Å². The molecule has 0 radical (unpaired) electrons. The zero-order chi connectivity index (χ0) is 20.9. The Hall–Kier alpha value is -4.06. The maximum absolute atomic E-state index is 12.9. The largest absolute Gasteiger partial charge is 0.345 e. The number of hydrogen-bond acceptors (Lipinski definition) is 4. The van der Waals surface area contributed by atoms with E-state index in [1.165, 1.54) is 6.20 Å². The minimum Gasteiger partial charge on any atom is -0.345 e. The van der Waals surface area contributed by atoms with Gasteiger partial charge in [-0.25, -0.2) is 4.98 Å². The van der Waals surface area contributed by atoms with Gasteiger partial charge in [0.25, 0.3) is 11.8 Å². The maximum atomic E-state index is 12.9. The number of nitrogens with zero attached hydrogens (tertiary/aromatic N) is 2. The van der Waals surface area contributed by atoms with Crippen LogP contribution in [0.15, 0.2) is 85.1 Å². The highest BCUT2D eigenvalue weighted by Crippen LogP contribution is 2.19. The number of carbonyl (C=O) groups excluding carboxylic acids is 2. The van der Waals surface area contributed by atoms with Crippen molar-refractivity contribution < 1.29 is 9.59 Å². The number of rotatable bonds is 5. The fourth-order valence-electron chi connectivity index (χ4n) is 3.14. The molecule has 30 heavy (non-hydrogen) atoms. The van der Waals surface area contributed by atoms with Gasteiger partial charge >= 0.3 is 0 Å². The summed E-state index contributed by atoms with van der Waals surface area (Å²) in [5, 5.41) is 5.76. The first-order chi connectivity index (χ1) is 14.6. The minimum atomic E-state index is -0.426. The van der Waals surface area contributed by atoms with Crippen molar-refractivity contribution in [2.75, 3.05) is 5.32 Å². The average Bonchev–Trinajstić information content (AvgIpc) is 2.79. The Morgan fingerprint density at radius 2 is 1.47 bits per heavy atom. The van der Waals surface area contributed by atoms with Gasteiger partial charge in [0.05, 0.1) is 34.5 Å². The van der Waals surface area contributed by atoms with Gasteiger partial charge in [0.15, 0.2) is 0 Å². The number of aromatic nitrogens is 2. The van der Waals surface area contributed by atoms with E-state index in [2.05, 4.69) is 20.6 Å². The molecule has 0 aliphatic rings. The summed E-state index contributed by atoms with van der Waals surface area (Å²) in [5.41, 5.74) is 3.31. The summed E-state index contributed by atoms with van der Waals surface area (Å²) in [5.74, 6) is -0.698. The van der Waals surface area contributed by atoms with Gasteiger partial charge < -0.3 is 10.6 Å². The second kappa shape index (κ2) is 8.53. The van der Waals surface area contributed by atoms with E-state index in [0.717, 1.165) is 5.56 Å². The van der Waals surface area contributed by atoms with Crippen LogP contribution in [0.25, 0.3) is 11.0 Å². The first kappa shape index (κ1) is 19.3. The van der Waals surface area contributed by atoms with Gasteiger partial charge in [0, 0.05) is 0 Å². The SMILES string of the molecule is C[C@@H](NC(=O)c1ccccc1NC(=O)c1cnc2ccccc2n1)c1ccccc1. The van der Waals surface area contributed by atoms with Crippen molar-refractivity contribution >= 4 is 28.5 Å². The van der Waals surface area contributed by atoms with Crippen LogP contribution in [0.5, 0.6) is 0 Å². The highest BCUT2D eigenvalue weighted by molar-refractivity contribution is 6.08. The van der Waals surface area contributed by atoms with Crippen LogP contribution >= 0.6 is 0 Å². The molecule has 148 valence electrons. The maximum Gasteiger partial charge on any atom is 0.275 e. The second-order valence-electron chi connectivity index (χ2n) is 6.85. The van der Waals surface area contributed by atoms with E-state index in [-0.39, 0.29) is 17.6 Å². The summed E-state index contributed by atoms with van der Waals surface area (Å²) in [6, 6.07) is 23.7. The van der Waals surface area contributed by atoms with Gasteiger partial charge in [-0.05, 0) is 36.8 Å². The molecule has 6 heteroatoms. The molecule has 6 nitrogen and oxygen atoms in total. The lowest BCUT2D eigenvalue weighted by atomic mass is 10.1. The summed E-state index contributed by atoms with van der Waals surface area (Å²) in [6.45, 7) is 1.92. The van der Waals surface area contributed by atoms with Crippen molar-refractivity contribution in [3.63, 3.8) is 0 Å². The molecule has 4 rings (SSSR count). The van der Waals surface area contributed by atoms with Crippen LogP contribution in [-0.2, 0) is 0 Å². The standard InChI is InChI=1S/C24H20N4O2/c1-16(17-9-3-2-4-10-17)26-23(29)18-11-5-6-12-19(18)28-24(30)22-15-25-20-13-7-8-14-21(20)27-22/h2-16H,1H3,(H,26,29)(H,28,30)/t16-/m1/s1. The molecule has 1 atom stereocenters. The smallest absolute Gasteiger partial charge is 0.275 e. The number of benzene rings is 3. The van der Waals surface area contributed by atoms with Crippen LogP contribution in [0.3, 0.4) is 0 Å². The highest BCUT2D eigenvalue weighted by Gasteiger charge is 2.17. The molecule has 0 saturated heterocycles. The Kier molecular flexibility index (Phi) is 5.48. The van der Waals surface area contributed by atoms with Crippen LogP contribution in [0.4, 0.5) is 5.69 Å². The Labute approximate surface area is 174 Å². The zero-order valence-corrected chi connectivity index (χ0v) is 16.4. The predicted octanol–water partition coefficient (Wildman–Crippen LogP) is 4.37. The summed E-state index contributed by atoms with van der Waals surface area (Å²) >= 11 is 0. The number of nitrogens with one attached hydrogen (secondary N) is 2. The third-order valence-corrected chi connectivity index (χ3v) is 4.75. The fourth-order valence-corrected chi connectivity index (χ4v) is 3.14. The lowest BCUT2D eigenvalue weighted by molar-refractivity contribution is 0.0941. The topological polar surface area (TPSA) is 84.0 Å². The molecule has 0 fully saturated rings. The van der Waals surface area contributed by atoms with Crippen LogP contribution in [0.1, 0.15) is 39.4 Å². The Morgan fingerprint density at radius 3 is 2.27 bits per heavy atom. The Balaban J connectivity index is 1.53. The number of anilines is 1. The molecule has 0 saturated carbocycles. The summed E-state index contributed by atoms with van der Waals surface area (Å²) < 4.78 is 0. The number of amides is 2. The van der Waals surface area contributed by atoms with E-state index in [9.17, 15) is 9.59 Å². The van der Waals surface area contributed by atoms with Crippen LogP contribution in [-0.4, -0.2) is 21.8 Å². The molecule has 1 aromatic heterocycles. The lowest BCUT2D eigenvalue weighted by Crippen LogP contribution is -2.28. The first-order valence-electron chi connectivity index (χ1n) is 9.60. The van der Waals surface area contributed by atoms with Crippen molar-refractivity contribution in [3.05, 3.63) is 102 Å². The summed E-state index contributed by atoms with van der Waals surface area (Å²) in [7, 11) is 0. The molecule has 0 aliphatic carbocycles. The number of hydrogen-bond donors (Lipinski definition) is 2. The molecular formula is C24H20N4O2. The molecule has 0 aliphatic heterocycles. The summed E-state index contributed by atoms with van der Waals surface area (Å²) in [4.78, 5) is 34.2. The van der Waals surface area contributed by atoms with Crippen molar-refractivity contribution in [3.8, 4) is 0 Å². The van der Waals surface area contributed by atoms with Crippen LogP contribution in [0.2, 0.25) is 0 Å².